The van der Waals surface area contributed by atoms with Gasteiger partial charge in [0.1, 0.15) is 5.82 Å². The Morgan fingerprint density at radius 3 is 2.58 bits per heavy atom. The van der Waals surface area contributed by atoms with Crippen molar-refractivity contribution in [1.82, 2.24) is 4.98 Å². The summed E-state index contributed by atoms with van der Waals surface area (Å²) >= 11 is 0. The van der Waals surface area contributed by atoms with E-state index in [4.69, 9.17) is 9.84 Å². The maximum atomic E-state index is 11.1. The third kappa shape index (κ3) is 4.52. The van der Waals surface area contributed by atoms with Gasteiger partial charge >= 0.3 is 5.97 Å². The third-order valence-corrected chi connectivity index (χ3v) is 2.93. The van der Waals surface area contributed by atoms with E-state index < -0.39 is 5.97 Å². The minimum atomic E-state index is -0.946. The first-order chi connectivity index (χ1) is 8.75. The second kappa shape index (κ2) is 6.02. The van der Waals surface area contributed by atoms with E-state index in [1.807, 2.05) is 27.7 Å². The van der Waals surface area contributed by atoms with Gasteiger partial charge in [0.25, 0.3) is 0 Å². The fourth-order valence-corrected chi connectivity index (χ4v) is 1.44. The molecule has 0 spiro atoms. The number of carboxylic acid groups (broad SMARTS) is 1. The first-order valence-corrected chi connectivity index (χ1v) is 6.29. The second-order valence-electron chi connectivity index (χ2n) is 5.44. The Morgan fingerprint density at radius 1 is 1.47 bits per heavy atom. The molecule has 0 aliphatic rings. The van der Waals surface area contributed by atoms with Crippen LogP contribution in [-0.2, 0) is 4.74 Å². The summed E-state index contributed by atoms with van der Waals surface area (Å²) in [6, 6.07) is 3.15. The number of nitrogens with zero attached hydrogens (tertiary/aromatic N) is 1. The van der Waals surface area contributed by atoms with Crippen LogP contribution >= 0.6 is 0 Å². The van der Waals surface area contributed by atoms with Crippen molar-refractivity contribution in [2.75, 3.05) is 19.0 Å². The Bertz CT molecular complexity index is 456. The highest BCUT2D eigenvalue weighted by atomic mass is 16.5. The van der Waals surface area contributed by atoms with E-state index in [2.05, 4.69) is 10.3 Å². The maximum absolute atomic E-state index is 11.1. The molecule has 5 nitrogen and oxygen atoms in total. The van der Waals surface area contributed by atoms with E-state index in [-0.39, 0.29) is 17.1 Å². The van der Waals surface area contributed by atoms with E-state index in [0.29, 0.717) is 12.4 Å². The number of nitrogens with one attached hydrogen (secondary N) is 1. The predicted octanol–water partition coefficient (Wildman–Crippen LogP) is 2.74. The fraction of sp³-hybridized carbons (Fsp3) is 0.571. The Kier molecular flexibility index (Phi) is 4.89. The van der Waals surface area contributed by atoms with Crippen LogP contribution in [0, 0.1) is 0 Å². The molecule has 5 heteroatoms. The lowest BCUT2D eigenvalue weighted by atomic mass is 10.1. The third-order valence-electron chi connectivity index (χ3n) is 2.93. The Morgan fingerprint density at radius 2 is 2.11 bits per heavy atom. The number of ether oxygens (including phenoxy) is 1. The molecule has 0 fully saturated rings. The minimum Gasteiger partial charge on any atom is -0.478 e. The number of hydrogen-bond acceptors (Lipinski definition) is 4. The van der Waals surface area contributed by atoms with Crippen molar-refractivity contribution in [3.05, 3.63) is 23.4 Å². The van der Waals surface area contributed by atoms with E-state index in [0.717, 1.165) is 5.69 Å². The van der Waals surface area contributed by atoms with Gasteiger partial charge in [-0.15, -0.1) is 0 Å². The number of rotatable bonds is 6. The maximum Gasteiger partial charge on any atom is 0.335 e. The van der Waals surface area contributed by atoms with Crippen LogP contribution in [0.2, 0.25) is 0 Å². The van der Waals surface area contributed by atoms with Crippen molar-refractivity contribution in [2.45, 2.75) is 39.2 Å². The molecule has 0 unspecified atom stereocenters. The molecule has 19 heavy (non-hydrogen) atoms. The minimum absolute atomic E-state index is 0.176. The number of hydrogen-bond donors (Lipinski definition) is 2. The summed E-state index contributed by atoms with van der Waals surface area (Å²) < 4.78 is 5.31. The van der Waals surface area contributed by atoms with Crippen molar-refractivity contribution in [3.8, 4) is 0 Å². The number of pyridine rings is 1. The molecule has 0 saturated heterocycles. The summed E-state index contributed by atoms with van der Waals surface area (Å²) in [5.41, 5.74) is 0.674. The predicted molar refractivity (Wildman–Crippen MR) is 74.9 cm³/mol. The number of methoxy groups -OCH3 is 1. The van der Waals surface area contributed by atoms with E-state index in [1.165, 1.54) is 0 Å². The largest absolute Gasteiger partial charge is 0.478 e. The zero-order chi connectivity index (χ0) is 14.6. The second-order valence-corrected chi connectivity index (χ2v) is 5.44. The van der Waals surface area contributed by atoms with Gasteiger partial charge in [-0.25, -0.2) is 9.78 Å². The smallest absolute Gasteiger partial charge is 0.335 e. The average Bonchev–Trinajstić information content (AvgIpc) is 2.36. The monoisotopic (exact) mass is 266 g/mol. The van der Waals surface area contributed by atoms with Crippen molar-refractivity contribution >= 4 is 11.8 Å². The van der Waals surface area contributed by atoms with Gasteiger partial charge in [0.05, 0.1) is 11.2 Å². The first-order valence-electron chi connectivity index (χ1n) is 6.29. The molecule has 1 aromatic rings. The number of carbonyl (C=O) groups is 1. The normalized spacial score (nSPS) is 11.7. The number of aromatic nitrogens is 1. The summed E-state index contributed by atoms with van der Waals surface area (Å²) in [6.45, 7) is 8.42. The number of anilines is 1. The summed E-state index contributed by atoms with van der Waals surface area (Å²) in [4.78, 5) is 15.5. The Balaban J connectivity index is 2.97. The van der Waals surface area contributed by atoms with Gasteiger partial charge < -0.3 is 15.2 Å². The molecule has 1 heterocycles. The molecule has 0 bridgehead atoms. The standard InChI is InChI=1S/C14H22N2O3/c1-9(2)11-6-10(13(17)18)7-12(16-11)15-8-14(3,4)19-5/h6-7,9H,8H2,1-5H3,(H,15,16)(H,17,18). The van der Waals surface area contributed by atoms with Crippen molar-refractivity contribution < 1.29 is 14.6 Å². The summed E-state index contributed by atoms with van der Waals surface area (Å²) in [6.07, 6.45) is 0. The first kappa shape index (κ1) is 15.4. The van der Waals surface area contributed by atoms with Crippen LogP contribution in [0.1, 0.15) is 49.7 Å². The van der Waals surface area contributed by atoms with Crippen molar-refractivity contribution in [1.29, 1.82) is 0 Å². The Labute approximate surface area is 114 Å². The molecule has 1 rings (SSSR count). The highest BCUT2D eigenvalue weighted by molar-refractivity contribution is 5.88. The van der Waals surface area contributed by atoms with Crippen LogP contribution in [0.25, 0.3) is 0 Å². The summed E-state index contributed by atoms with van der Waals surface area (Å²) in [5.74, 6) is -0.206. The SMILES string of the molecule is COC(C)(C)CNc1cc(C(=O)O)cc(C(C)C)n1. The lowest BCUT2D eigenvalue weighted by Gasteiger charge is -2.23. The molecule has 0 radical (unpaired) electrons. The molecule has 0 aliphatic heterocycles. The van der Waals surface area contributed by atoms with E-state index >= 15 is 0 Å². The highest BCUT2D eigenvalue weighted by Gasteiger charge is 2.17. The molecule has 106 valence electrons. The molecule has 2 N–H and O–H groups in total. The lowest BCUT2D eigenvalue weighted by Crippen LogP contribution is -2.32. The van der Waals surface area contributed by atoms with Gasteiger partial charge in [-0.3, -0.25) is 0 Å². The number of carboxylic acids is 1. The molecular weight excluding hydrogens is 244 g/mol. The topological polar surface area (TPSA) is 71.5 Å². The molecular formula is C14H22N2O3. The molecule has 0 aliphatic carbocycles. The molecule has 0 amide bonds. The van der Waals surface area contributed by atoms with Gasteiger partial charge in [0, 0.05) is 19.3 Å². The van der Waals surface area contributed by atoms with Crippen LogP contribution in [0.3, 0.4) is 0 Å². The zero-order valence-corrected chi connectivity index (χ0v) is 12.2. The molecule has 0 aromatic carbocycles. The van der Waals surface area contributed by atoms with Crippen molar-refractivity contribution in [3.63, 3.8) is 0 Å². The zero-order valence-electron chi connectivity index (χ0n) is 12.2. The fourth-order valence-electron chi connectivity index (χ4n) is 1.44. The van der Waals surface area contributed by atoms with E-state index in [9.17, 15) is 4.79 Å². The van der Waals surface area contributed by atoms with Crippen molar-refractivity contribution in [2.24, 2.45) is 0 Å². The summed E-state index contributed by atoms with van der Waals surface area (Å²) in [5, 5.41) is 12.2. The highest BCUT2D eigenvalue weighted by Crippen LogP contribution is 2.18. The van der Waals surface area contributed by atoms with Gasteiger partial charge in [0.15, 0.2) is 0 Å². The van der Waals surface area contributed by atoms with Gasteiger partial charge in [-0.1, -0.05) is 13.8 Å². The van der Waals surface area contributed by atoms with E-state index in [1.54, 1.807) is 19.2 Å². The quantitative estimate of drug-likeness (QED) is 0.828. The summed E-state index contributed by atoms with van der Waals surface area (Å²) in [7, 11) is 1.64. The van der Waals surface area contributed by atoms with Crippen LogP contribution < -0.4 is 5.32 Å². The van der Waals surface area contributed by atoms with Crippen LogP contribution in [0.15, 0.2) is 12.1 Å². The Hall–Kier alpha value is -1.62. The molecule has 1 aromatic heterocycles. The van der Waals surface area contributed by atoms with Crippen LogP contribution in [-0.4, -0.2) is 35.3 Å². The van der Waals surface area contributed by atoms with Crippen LogP contribution in [0.5, 0.6) is 0 Å². The average molecular weight is 266 g/mol. The van der Waals surface area contributed by atoms with Crippen LogP contribution in [0.4, 0.5) is 5.82 Å². The lowest BCUT2D eigenvalue weighted by molar-refractivity contribution is 0.0343. The number of aromatic carboxylic acids is 1. The van der Waals surface area contributed by atoms with Gasteiger partial charge in [0.2, 0.25) is 0 Å². The van der Waals surface area contributed by atoms with Gasteiger partial charge in [-0.2, -0.15) is 0 Å². The molecule has 0 atom stereocenters. The van der Waals surface area contributed by atoms with Gasteiger partial charge in [-0.05, 0) is 31.9 Å². The molecule has 0 saturated carbocycles.